The number of aryl methyl sites for hydroxylation is 1. The number of hydrogen-bond acceptors (Lipinski definition) is 7. The molecule has 0 aliphatic carbocycles. The van der Waals surface area contributed by atoms with Crippen molar-refractivity contribution in [1.82, 2.24) is 19.9 Å². The summed E-state index contributed by atoms with van der Waals surface area (Å²) in [6, 6.07) is 1.75. The third-order valence-corrected chi connectivity index (χ3v) is 2.07. The van der Waals surface area contributed by atoms with E-state index in [1.807, 2.05) is 6.92 Å². The molecule has 0 saturated carbocycles. The molecule has 0 amide bonds. The Balaban J connectivity index is 1.99. The second-order valence-corrected chi connectivity index (χ2v) is 3.41. The van der Waals surface area contributed by atoms with E-state index in [1.54, 1.807) is 24.7 Å². The van der Waals surface area contributed by atoms with Gasteiger partial charge in [-0.3, -0.25) is 15.4 Å². The van der Waals surface area contributed by atoms with Crippen molar-refractivity contribution in [2.75, 3.05) is 10.7 Å². The Kier molecular flexibility index (Phi) is 3.41. The molecule has 17 heavy (non-hydrogen) atoms. The van der Waals surface area contributed by atoms with E-state index in [1.165, 1.54) is 0 Å². The van der Waals surface area contributed by atoms with E-state index in [9.17, 15) is 0 Å². The van der Waals surface area contributed by atoms with Gasteiger partial charge in [0.1, 0.15) is 5.82 Å². The molecule has 0 unspecified atom stereocenters. The number of nitrogen functional groups attached to an aromatic ring is 1. The van der Waals surface area contributed by atoms with Crippen LogP contribution >= 0.6 is 0 Å². The number of nitrogens with one attached hydrogen (secondary N) is 2. The molecule has 88 valence electrons. The van der Waals surface area contributed by atoms with E-state index in [0.29, 0.717) is 18.3 Å². The van der Waals surface area contributed by atoms with Gasteiger partial charge in [0.25, 0.3) is 0 Å². The highest BCUT2D eigenvalue weighted by Gasteiger charge is 1.98. The van der Waals surface area contributed by atoms with Gasteiger partial charge in [-0.1, -0.05) is 0 Å². The van der Waals surface area contributed by atoms with Crippen molar-refractivity contribution in [2.45, 2.75) is 13.5 Å². The number of nitrogens with zero attached hydrogens (tertiary/aromatic N) is 4. The van der Waals surface area contributed by atoms with E-state index in [2.05, 4.69) is 30.7 Å². The van der Waals surface area contributed by atoms with Crippen LogP contribution in [0, 0.1) is 6.92 Å². The first-order valence-corrected chi connectivity index (χ1v) is 5.09. The molecule has 2 rings (SSSR count). The fourth-order valence-electron chi connectivity index (χ4n) is 1.22. The van der Waals surface area contributed by atoms with Crippen molar-refractivity contribution in [2.24, 2.45) is 5.84 Å². The first-order valence-electron chi connectivity index (χ1n) is 5.09. The van der Waals surface area contributed by atoms with Crippen LogP contribution in [-0.2, 0) is 6.54 Å². The third-order valence-electron chi connectivity index (χ3n) is 2.07. The van der Waals surface area contributed by atoms with Crippen molar-refractivity contribution in [3.8, 4) is 0 Å². The largest absolute Gasteiger partial charge is 0.364 e. The first-order chi connectivity index (χ1) is 8.28. The van der Waals surface area contributed by atoms with Gasteiger partial charge in [-0.15, -0.1) is 0 Å². The Hall–Kier alpha value is -2.28. The van der Waals surface area contributed by atoms with E-state index >= 15 is 0 Å². The van der Waals surface area contributed by atoms with Crippen molar-refractivity contribution in [3.05, 3.63) is 36.0 Å². The highest BCUT2D eigenvalue weighted by Crippen LogP contribution is 2.06. The summed E-state index contributed by atoms with van der Waals surface area (Å²) in [6.07, 6.45) is 5.07. The van der Waals surface area contributed by atoms with Crippen molar-refractivity contribution in [1.29, 1.82) is 0 Å². The van der Waals surface area contributed by atoms with Crippen molar-refractivity contribution in [3.63, 3.8) is 0 Å². The van der Waals surface area contributed by atoms with Crippen LogP contribution in [0.1, 0.15) is 11.4 Å². The van der Waals surface area contributed by atoms with Crippen molar-refractivity contribution >= 4 is 11.8 Å². The summed E-state index contributed by atoms with van der Waals surface area (Å²) in [5.41, 5.74) is 4.12. The lowest BCUT2D eigenvalue weighted by Crippen LogP contribution is -2.11. The van der Waals surface area contributed by atoms with Gasteiger partial charge >= 0.3 is 0 Å². The van der Waals surface area contributed by atoms with Gasteiger partial charge in [-0.25, -0.2) is 10.8 Å². The molecule has 0 saturated heterocycles. The summed E-state index contributed by atoms with van der Waals surface area (Å²) in [6.45, 7) is 2.45. The molecule has 0 aliphatic rings. The van der Waals surface area contributed by atoms with Crippen LogP contribution < -0.4 is 16.6 Å². The summed E-state index contributed by atoms with van der Waals surface area (Å²) < 4.78 is 0. The van der Waals surface area contributed by atoms with Crippen LogP contribution in [0.3, 0.4) is 0 Å². The zero-order valence-electron chi connectivity index (χ0n) is 9.38. The monoisotopic (exact) mass is 231 g/mol. The van der Waals surface area contributed by atoms with Crippen LogP contribution in [0.2, 0.25) is 0 Å². The van der Waals surface area contributed by atoms with Gasteiger partial charge in [0, 0.05) is 12.4 Å². The van der Waals surface area contributed by atoms with Gasteiger partial charge in [0.05, 0.1) is 24.1 Å². The summed E-state index contributed by atoms with van der Waals surface area (Å²) in [7, 11) is 0. The van der Waals surface area contributed by atoms with E-state index < -0.39 is 0 Å². The fourth-order valence-corrected chi connectivity index (χ4v) is 1.22. The summed E-state index contributed by atoms with van der Waals surface area (Å²) in [5, 5.41) is 3.11. The zero-order chi connectivity index (χ0) is 12.1. The Morgan fingerprint density at radius 3 is 2.82 bits per heavy atom. The molecular weight excluding hydrogens is 218 g/mol. The molecule has 7 nitrogen and oxygen atoms in total. The third kappa shape index (κ3) is 3.08. The maximum atomic E-state index is 5.22. The minimum atomic E-state index is 0.366. The zero-order valence-corrected chi connectivity index (χ0v) is 9.38. The smallest absolute Gasteiger partial charge is 0.239 e. The minimum Gasteiger partial charge on any atom is -0.364 e. The molecule has 0 radical (unpaired) electrons. The van der Waals surface area contributed by atoms with Gasteiger partial charge in [0.2, 0.25) is 5.95 Å². The maximum Gasteiger partial charge on any atom is 0.239 e. The van der Waals surface area contributed by atoms with E-state index in [-0.39, 0.29) is 0 Å². The second kappa shape index (κ2) is 5.17. The Labute approximate surface area is 98.5 Å². The molecule has 0 aromatic carbocycles. The predicted octanol–water partition coefficient (Wildman–Crippen LogP) is 0.473. The van der Waals surface area contributed by atoms with Crippen LogP contribution in [0.15, 0.2) is 24.7 Å². The number of hydrogen-bond donors (Lipinski definition) is 3. The molecule has 0 aliphatic heterocycles. The number of rotatable bonds is 4. The lowest BCUT2D eigenvalue weighted by atomic mass is 10.4. The number of anilines is 2. The SMILES string of the molecule is Cc1cnc(CNc2ccnc(NN)n2)cn1. The molecule has 2 aromatic rings. The normalized spacial score (nSPS) is 10.0. The molecule has 0 atom stereocenters. The average Bonchev–Trinajstić information content (AvgIpc) is 2.38. The topological polar surface area (TPSA) is 102 Å². The molecule has 2 heterocycles. The van der Waals surface area contributed by atoms with Crippen LogP contribution in [0.5, 0.6) is 0 Å². The van der Waals surface area contributed by atoms with Crippen LogP contribution in [0.25, 0.3) is 0 Å². The Morgan fingerprint density at radius 1 is 1.24 bits per heavy atom. The molecule has 0 bridgehead atoms. The van der Waals surface area contributed by atoms with Crippen molar-refractivity contribution < 1.29 is 0 Å². The van der Waals surface area contributed by atoms with Gasteiger partial charge in [0.15, 0.2) is 0 Å². The van der Waals surface area contributed by atoms with Gasteiger partial charge < -0.3 is 5.32 Å². The Morgan fingerprint density at radius 2 is 2.12 bits per heavy atom. The molecule has 7 heteroatoms. The highest BCUT2D eigenvalue weighted by atomic mass is 15.3. The van der Waals surface area contributed by atoms with Gasteiger partial charge in [-0.05, 0) is 13.0 Å². The lowest BCUT2D eigenvalue weighted by molar-refractivity contribution is 0.972. The van der Waals surface area contributed by atoms with Crippen LogP contribution in [0.4, 0.5) is 11.8 Å². The van der Waals surface area contributed by atoms with Gasteiger partial charge in [-0.2, -0.15) is 4.98 Å². The van der Waals surface area contributed by atoms with Crippen LogP contribution in [-0.4, -0.2) is 19.9 Å². The molecule has 0 fully saturated rings. The van der Waals surface area contributed by atoms with E-state index in [4.69, 9.17) is 5.84 Å². The second-order valence-electron chi connectivity index (χ2n) is 3.41. The summed E-state index contributed by atoms with van der Waals surface area (Å²) >= 11 is 0. The molecular formula is C10H13N7. The lowest BCUT2D eigenvalue weighted by Gasteiger charge is -2.05. The number of hydrazine groups is 1. The molecule has 2 aromatic heterocycles. The molecule has 0 spiro atoms. The maximum absolute atomic E-state index is 5.22. The number of aromatic nitrogens is 4. The average molecular weight is 231 g/mol. The fraction of sp³-hybridized carbons (Fsp3) is 0.200. The molecule has 4 N–H and O–H groups in total. The summed E-state index contributed by atoms with van der Waals surface area (Å²) in [4.78, 5) is 16.4. The quantitative estimate of drug-likeness (QED) is 0.519. The Bertz CT molecular complexity index is 482. The standard InChI is InChI=1S/C10H13N7/c1-7-4-14-8(5-13-7)6-15-9-2-3-12-10(16-9)17-11/h2-5H,6,11H2,1H3,(H2,12,15,16,17). The highest BCUT2D eigenvalue weighted by molar-refractivity contribution is 5.39. The first kappa shape index (κ1) is 11.2. The predicted molar refractivity (Wildman–Crippen MR) is 63.9 cm³/mol. The number of nitrogens with two attached hydrogens (primary N) is 1. The van der Waals surface area contributed by atoms with E-state index in [0.717, 1.165) is 11.4 Å². The minimum absolute atomic E-state index is 0.366. The summed E-state index contributed by atoms with van der Waals surface area (Å²) in [5.74, 6) is 6.26.